The summed E-state index contributed by atoms with van der Waals surface area (Å²) in [7, 11) is 1.94. The topological polar surface area (TPSA) is 81.1 Å². The second-order valence-electron chi connectivity index (χ2n) is 8.31. The van der Waals surface area contributed by atoms with E-state index in [0.717, 1.165) is 51.0 Å². The van der Waals surface area contributed by atoms with E-state index in [4.69, 9.17) is 4.74 Å². The molecular formula is C22H28BrN5O2. The van der Waals surface area contributed by atoms with Gasteiger partial charge in [-0.3, -0.25) is 0 Å². The van der Waals surface area contributed by atoms with E-state index >= 15 is 0 Å². The molecule has 0 fully saturated rings. The molecule has 0 amide bonds. The van der Waals surface area contributed by atoms with Gasteiger partial charge in [0.25, 0.3) is 0 Å². The van der Waals surface area contributed by atoms with Crippen molar-refractivity contribution in [3.8, 4) is 11.3 Å². The van der Waals surface area contributed by atoms with Crippen molar-refractivity contribution in [2.24, 2.45) is 0 Å². The lowest BCUT2D eigenvalue weighted by atomic mass is 10.0. The number of nitrogens with one attached hydrogen (secondary N) is 2. The molecule has 2 heterocycles. The first-order valence-corrected chi connectivity index (χ1v) is 10.7. The van der Waals surface area contributed by atoms with Gasteiger partial charge < -0.3 is 15.4 Å². The van der Waals surface area contributed by atoms with E-state index in [2.05, 4.69) is 62.7 Å². The normalized spacial score (nSPS) is 11.7. The van der Waals surface area contributed by atoms with Gasteiger partial charge in [0.1, 0.15) is 5.60 Å². The number of nitrogens with zero attached hydrogens (tertiary/aromatic N) is 3. The standard InChI is InChI=1S/C22H28BrN5O2/c1-13-9-15(10-14(2)19(13)25-8-7-24-6)18-11-16-17(23)12-28(20(16)27-26-18)21(29)30-22(3,4)5/h9-12,24-25H,7-8H2,1-6H3. The van der Waals surface area contributed by atoms with Crippen LogP contribution in [0.5, 0.6) is 0 Å². The first-order valence-electron chi connectivity index (χ1n) is 9.88. The Bertz CT molecular complexity index is 1060. The Kier molecular flexibility index (Phi) is 6.47. The van der Waals surface area contributed by atoms with Gasteiger partial charge in [0, 0.05) is 40.4 Å². The minimum atomic E-state index is -0.592. The van der Waals surface area contributed by atoms with Crippen LogP contribution in [0.25, 0.3) is 22.3 Å². The molecule has 3 rings (SSSR count). The summed E-state index contributed by atoms with van der Waals surface area (Å²) in [6.45, 7) is 11.4. The van der Waals surface area contributed by atoms with Gasteiger partial charge in [-0.25, -0.2) is 9.36 Å². The van der Waals surface area contributed by atoms with Crippen LogP contribution in [0.2, 0.25) is 0 Å². The summed E-state index contributed by atoms with van der Waals surface area (Å²) in [4.78, 5) is 12.5. The zero-order chi connectivity index (χ0) is 22.1. The van der Waals surface area contributed by atoms with Crippen molar-refractivity contribution < 1.29 is 9.53 Å². The fourth-order valence-corrected chi connectivity index (χ4v) is 3.77. The highest BCUT2D eigenvalue weighted by atomic mass is 79.9. The molecular weight excluding hydrogens is 446 g/mol. The van der Waals surface area contributed by atoms with Gasteiger partial charge in [-0.05, 0) is 86.9 Å². The maximum Gasteiger partial charge on any atom is 0.420 e. The predicted molar refractivity (Wildman–Crippen MR) is 124 cm³/mol. The minimum Gasteiger partial charge on any atom is -0.443 e. The number of ether oxygens (including phenoxy) is 1. The van der Waals surface area contributed by atoms with Crippen molar-refractivity contribution in [1.82, 2.24) is 20.1 Å². The Morgan fingerprint density at radius 3 is 2.40 bits per heavy atom. The third-order valence-electron chi connectivity index (χ3n) is 4.60. The molecule has 2 aromatic heterocycles. The van der Waals surface area contributed by atoms with Crippen LogP contribution in [0.1, 0.15) is 31.9 Å². The fourth-order valence-electron chi connectivity index (χ4n) is 3.28. The Morgan fingerprint density at radius 2 is 1.80 bits per heavy atom. The van der Waals surface area contributed by atoms with Crippen LogP contribution in [0.4, 0.5) is 10.5 Å². The second kappa shape index (κ2) is 8.73. The van der Waals surface area contributed by atoms with Gasteiger partial charge in [0.05, 0.1) is 5.69 Å². The summed E-state index contributed by atoms with van der Waals surface area (Å²) in [6, 6.07) is 6.14. The van der Waals surface area contributed by atoms with Gasteiger partial charge >= 0.3 is 6.09 Å². The van der Waals surface area contributed by atoms with E-state index < -0.39 is 11.7 Å². The second-order valence-corrected chi connectivity index (χ2v) is 9.16. The van der Waals surface area contributed by atoms with Gasteiger partial charge in [-0.15, -0.1) is 10.2 Å². The monoisotopic (exact) mass is 473 g/mol. The molecule has 0 aliphatic carbocycles. The van der Waals surface area contributed by atoms with Crippen molar-refractivity contribution in [3.05, 3.63) is 40.0 Å². The van der Waals surface area contributed by atoms with Gasteiger partial charge in [-0.1, -0.05) is 0 Å². The summed E-state index contributed by atoms with van der Waals surface area (Å²) in [6.07, 6.45) is 1.19. The number of aryl methyl sites for hydroxylation is 2. The number of likely N-dealkylation sites (N-methyl/N-ethyl adjacent to an activating group) is 1. The number of halogens is 1. The maximum atomic E-state index is 12.5. The van der Waals surface area contributed by atoms with Crippen LogP contribution < -0.4 is 10.6 Å². The third-order valence-corrected chi connectivity index (χ3v) is 5.23. The summed E-state index contributed by atoms with van der Waals surface area (Å²) in [5.41, 5.74) is 5.03. The highest BCUT2D eigenvalue weighted by molar-refractivity contribution is 9.10. The SMILES string of the molecule is CNCCNc1c(C)cc(-c2cc3c(Br)cn(C(=O)OC(C)(C)C)c3nn2)cc1C. The van der Waals surface area contributed by atoms with Gasteiger partial charge in [0.2, 0.25) is 0 Å². The van der Waals surface area contributed by atoms with Crippen LogP contribution in [0.3, 0.4) is 0 Å². The smallest absolute Gasteiger partial charge is 0.420 e. The van der Waals surface area contributed by atoms with E-state index in [1.807, 2.05) is 33.9 Å². The molecule has 0 bridgehead atoms. The van der Waals surface area contributed by atoms with Crippen molar-refractivity contribution in [3.63, 3.8) is 0 Å². The average molecular weight is 474 g/mol. The molecule has 0 aliphatic heterocycles. The predicted octanol–water partition coefficient (Wildman–Crippen LogP) is 4.89. The van der Waals surface area contributed by atoms with Crippen molar-refractivity contribution in [1.29, 1.82) is 0 Å². The van der Waals surface area contributed by atoms with Crippen molar-refractivity contribution in [2.45, 2.75) is 40.2 Å². The van der Waals surface area contributed by atoms with E-state index in [0.29, 0.717) is 5.65 Å². The number of rotatable bonds is 5. The van der Waals surface area contributed by atoms with E-state index in [1.54, 1.807) is 6.20 Å². The molecule has 0 spiro atoms. The Hall–Kier alpha value is -2.45. The molecule has 0 saturated heterocycles. The molecule has 3 aromatic rings. The van der Waals surface area contributed by atoms with Crippen LogP contribution in [-0.2, 0) is 4.74 Å². The minimum absolute atomic E-state index is 0.457. The summed E-state index contributed by atoms with van der Waals surface area (Å²) >= 11 is 3.54. The largest absolute Gasteiger partial charge is 0.443 e. The molecule has 30 heavy (non-hydrogen) atoms. The first kappa shape index (κ1) is 22.2. The molecule has 8 heteroatoms. The molecule has 0 unspecified atom stereocenters. The molecule has 1 aromatic carbocycles. The van der Waals surface area contributed by atoms with Gasteiger partial charge in [0.15, 0.2) is 5.65 Å². The number of aromatic nitrogens is 3. The number of hydrogen-bond acceptors (Lipinski definition) is 6. The average Bonchev–Trinajstić information content (AvgIpc) is 2.99. The zero-order valence-corrected chi connectivity index (χ0v) is 19.8. The third kappa shape index (κ3) is 4.82. The van der Waals surface area contributed by atoms with Crippen LogP contribution in [-0.4, -0.2) is 46.6 Å². The van der Waals surface area contributed by atoms with Crippen molar-refractivity contribution in [2.75, 3.05) is 25.5 Å². The summed E-state index contributed by atoms with van der Waals surface area (Å²) < 4.78 is 7.61. The number of hydrogen-bond donors (Lipinski definition) is 2. The molecule has 0 radical (unpaired) electrons. The number of benzene rings is 1. The Morgan fingerprint density at radius 1 is 1.13 bits per heavy atom. The molecule has 0 saturated carbocycles. The molecule has 2 N–H and O–H groups in total. The fraction of sp³-hybridized carbons (Fsp3) is 0.409. The lowest BCUT2D eigenvalue weighted by molar-refractivity contribution is 0.0543. The molecule has 160 valence electrons. The Labute approximate surface area is 185 Å². The molecule has 0 aliphatic rings. The number of carbonyl (C=O) groups is 1. The van der Waals surface area contributed by atoms with Gasteiger partial charge in [-0.2, -0.15) is 0 Å². The van der Waals surface area contributed by atoms with Crippen LogP contribution in [0, 0.1) is 13.8 Å². The highest BCUT2D eigenvalue weighted by Gasteiger charge is 2.22. The molecule has 0 atom stereocenters. The lowest BCUT2D eigenvalue weighted by Gasteiger charge is -2.19. The van der Waals surface area contributed by atoms with E-state index in [-0.39, 0.29) is 0 Å². The van der Waals surface area contributed by atoms with Crippen LogP contribution in [0.15, 0.2) is 28.9 Å². The summed E-state index contributed by atoms with van der Waals surface area (Å²) in [5, 5.41) is 16.1. The number of carbonyl (C=O) groups excluding carboxylic acids is 1. The van der Waals surface area contributed by atoms with Crippen LogP contribution >= 0.6 is 15.9 Å². The quantitative estimate of drug-likeness (QED) is 0.513. The van der Waals surface area contributed by atoms with Crippen molar-refractivity contribution >= 4 is 38.7 Å². The molecule has 7 nitrogen and oxygen atoms in total. The highest BCUT2D eigenvalue weighted by Crippen LogP contribution is 2.31. The lowest BCUT2D eigenvalue weighted by Crippen LogP contribution is -2.26. The first-order chi connectivity index (χ1) is 14.1. The Balaban J connectivity index is 1.96. The number of anilines is 1. The zero-order valence-electron chi connectivity index (χ0n) is 18.3. The number of fused-ring (bicyclic) bond motifs is 1. The van der Waals surface area contributed by atoms with E-state index in [1.165, 1.54) is 4.57 Å². The maximum absolute atomic E-state index is 12.5. The summed E-state index contributed by atoms with van der Waals surface area (Å²) in [5.74, 6) is 0. The van der Waals surface area contributed by atoms with E-state index in [9.17, 15) is 4.79 Å².